The van der Waals surface area contributed by atoms with Crippen LogP contribution in [0, 0.1) is 0 Å². The second kappa shape index (κ2) is 9.89. The van der Waals surface area contributed by atoms with E-state index in [0.29, 0.717) is 29.5 Å². The smallest absolute Gasteiger partial charge is 0.265 e. The number of fused-ring (bicyclic) bond motifs is 1. The Kier molecular flexibility index (Phi) is 6.69. The van der Waals surface area contributed by atoms with Gasteiger partial charge in [0.1, 0.15) is 5.75 Å². The molecule has 2 aliphatic heterocycles. The number of sulfonamides is 1. The maximum Gasteiger partial charge on any atom is 0.265 e. The fourth-order valence-corrected chi connectivity index (χ4v) is 6.07. The molecule has 0 bridgehead atoms. The summed E-state index contributed by atoms with van der Waals surface area (Å²) < 4.78 is 34.3. The number of hydrogen-bond donors (Lipinski definition) is 0. The van der Waals surface area contributed by atoms with Crippen molar-refractivity contribution in [3.63, 3.8) is 0 Å². The quantitative estimate of drug-likeness (QED) is 0.523. The van der Waals surface area contributed by atoms with E-state index >= 15 is 0 Å². The molecule has 182 valence electrons. The summed E-state index contributed by atoms with van der Waals surface area (Å²) in [6, 6.07) is 23.2. The van der Waals surface area contributed by atoms with Crippen LogP contribution in [0.5, 0.6) is 5.75 Å². The Labute approximate surface area is 210 Å². The molecule has 0 aromatic heterocycles. The van der Waals surface area contributed by atoms with Gasteiger partial charge in [-0.05, 0) is 42.0 Å². The molecule has 0 saturated carbocycles. The first-order valence-corrected chi connectivity index (χ1v) is 13.3. The van der Waals surface area contributed by atoms with Gasteiger partial charge in [0.05, 0.1) is 17.1 Å². The van der Waals surface area contributed by atoms with E-state index in [1.54, 1.807) is 41.3 Å². The lowest BCUT2D eigenvalue weighted by molar-refractivity contribution is -0.140. The van der Waals surface area contributed by atoms with Gasteiger partial charge in [-0.2, -0.15) is 0 Å². The second-order valence-electron chi connectivity index (χ2n) is 8.65. The van der Waals surface area contributed by atoms with Crippen LogP contribution in [0.3, 0.4) is 0 Å². The second-order valence-corrected chi connectivity index (χ2v) is 11.0. The third-order valence-corrected chi connectivity index (χ3v) is 8.39. The largest absolute Gasteiger partial charge is 0.476 e. The first-order chi connectivity index (χ1) is 16.9. The number of amides is 1. The molecule has 0 spiro atoms. The number of carbonyl (C=O) groups excluding carboxylic acids is 1. The molecule has 5 rings (SSSR count). The topological polar surface area (TPSA) is 70.2 Å². The Morgan fingerprint density at radius 1 is 0.886 bits per heavy atom. The highest BCUT2D eigenvalue weighted by Gasteiger charge is 2.39. The highest BCUT2D eigenvalue weighted by atomic mass is 35.5. The summed E-state index contributed by atoms with van der Waals surface area (Å²) in [6.45, 7) is 3.37. The van der Waals surface area contributed by atoms with Crippen molar-refractivity contribution in [3.05, 3.63) is 89.4 Å². The molecule has 0 unspecified atom stereocenters. The van der Waals surface area contributed by atoms with Gasteiger partial charge in [0.15, 0.2) is 6.10 Å². The molecule has 3 aromatic rings. The first-order valence-electron chi connectivity index (χ1n) is 11.5. The molecule has 0 aliphatic carbocycles. The van der Waals surface area contributed by atoms with Gasteiger partial charge in [-0.15, -0.1) is 0 Å². The van der Waals surface area contributed by atoms with Crippen molar-refractivity contribution >= 4 is 33.2 Å². The molecule has 35 heavy (non-hydrogen) atoms. The van der Waals surface area contributed by atoms with E-state index in [9.17, 15) is 13.2 Å². The molecular weight excluding hydrogens is 486 g/mol. The van der Waals surface area contributed by atoms with E-state index in [2.05, 4.69) is 17.0 Å². The van der Waals surface area contributed by atoms with Crippen molar-refractivity contribution in [2.75, 3.05) is 37.0 Å². The van der Waals surface area contributed by atoms with Crippen LogP contribution in [0.2, 0.25) is 5.02 Å². The molecule has 1 atom stereocenters. The van der Waals surface area contributed by atoms with Crippen LogP contribution in [0.25, 0.3) is 0 Å². The average Bonchev–Trinajstić information content (AvgIpc) is 2.89. The summed E-state index contributed by atoms with van der Waals surface area (Å²) in [5, 5.41) is 0.450. The lowest BCUT2D eigenvalue weighted by Crippen LogP contribution is -2.56. The van der Waals surface area contributed by atoms with Crippen molar-refractivity contribution in [2.24, 2.45) is 0 Å². The summed E-state index contributed by atoms with van der Waals surface area (Å²) in [7, 11) is -3.92. The SMILES string of the molecule is O=C([C@@H]1CN(S(=O)(=O)c2ccc(Cl)cc2)c2ccccc2O1)N1CCN(Cc2ccccc2)CC1. The van der Waals surface area contributed by atoms with Gasteiger partial charge < -0.3 is 9.64 Å². The van der Waals surface area contributed by atoms with Crippen LogP contribution in [0.4, 0.5) is 5.69 Å². The van der Waals surface area contributed by atoms with E-state index in [0.717, 1.165) is 19.6 Å². The van der Waals surface area contributed by atoms with Gasteiger partial charge in [0.25, 0.3) is 15.9 Å². The normalized spacial score (nSPS) is 18.6. The number of anilines is 1. The van der Waals surface area contributed by atoms with Crippen LogP contribution in [0.15, 0.2) is 83.8 Å². The Hall–Kier alpha value is -3.07. The van der Waals surface area contributed by atoms with Crippen molar-refractivity contribution < 1.29 is 17.9 Å². The number of piperazine rings is 1. The minimum absolute atomic E-state index is 0.0922. The minimum atomic E-state index is -3.92. The number of benzene rings is 3. The molecule has 0 N–H and O–H groups in total. The molecule has 9 heteroatoms. The molecule has 2 aliphatic rings. The molecule has 3 aromatic carbocycles. The van der Waals surface area contributed by atoms with Crippen molar-refractivity contribution in [1.29, 1.82) is 0 Å². The molecule has 2 heterocycles. The third-order valence-electron chi connectivity index (χ3n) is 6.34. The number of rotatable bonds is 5. The highest BCUT2D eigenvalue weighted by Crippen LogP contribution is 2.37. The summed E-state index contributed by atoms with van der Waals surface area (Å²) in [6.07, 6.45) is -0.923. The summed E-state index contributed by atoms with van der Waals surface area (Å²) in [4.78, 5) is 17.6. The first kappa shape index (κ1) is 23.7. The van der Waals surface area contributed by atoms with Gasteiger partial charge in [0.2, 0.25) is 0 Å². The van der Waals surface area contributed by atoms with E-state index in [1.807, 2.05) is 18.2 Å². The number of halogens is 1. The van der Waals surface area contributed by atoms with Crippen LogP contribution in [-0.2, 0) is 21.4 Å². The lowest BCUT2D eigenvalue weighted by atomic mass is 10.1. The van der Waals surface area contributed by atoms with E-state index in [1.165, 1.54) is 22.0 Å². The Balaban J connectivity index is 1.32. The van der Waals surface area contributed by atoms with Gasteiger partial charge in [-0.1, -0.05) is 54.1 Å². The van der Waals surface area contributed by atoms with E-state index in [4.69, 9.17) is 16.3 Å². The van der Waals surface area contributed by atoms with E-state index in [-0.39, 0.29) is 17.3 Å². The fraction of sp³-hybridized carbons (Fsp3) is 0.269. The Bertz CT molecular complexity index is 1290. The third kappa shape index (κ3) is 5.00. The van der Waals surface area contributed by atoms with Crippen LogP contribution < -0.4 is 9.04 Å². The van der Waals surface area contributed by atoms with Gasteiger partial charge in [0, 0.05) is 37.7 Å². The van der Waals surface area contributed by atoms with Crippen molar-refractivity contribution in [1.82, 2.24) is 9.80 Å². The monoisotopic (exact) mass is 511 g/mol. The summed E-state index contributed by atoms with van der Waals surface area (Å²) >= 11 is 5.95. The zero-order valence-corrected chi connectivity index (χ0v) is 20.7. The maximum atomic E-state index is 13.5. The van der Waals surface area contributed by atoms with Crippen LogP contribution in [-0.4, -0.2) is 63.0 Å². The zero-order chi connectivity index (χ0) is 24.4. The Morgan fingerprint density at radius 3 is 2.26 bits per heavy atom. The highest BCUT2D eigenvalue weighted by molar-refractivity contribution is 7.92. The molecule has 1 amide bonds. The standard InChI is InChI=1S/C26H26ClN3O4S/c27-21-10-12-22(13-11-21)35(32,33)30-19-25(34-24-9-5-4-8-23(24)30)26(31)29-16-14-28(15-17-29)18-20-6-2-1-3-7-20/h1-13,25H,14-19H2/t25-/m0/s1. The van der Waals surface area contributed by atoms with Crippen LogP contribution in [0.1, 0.15) is 5.56 Å². The number of para-hydroxylation sites is 2. The summed E-state index contributed by atoms with van der Waals surface area (Å²) in [5.74, 6) is 0.174. The van der Waals surface area contributed by atoms with Gasteiger partial charge >= 0.3 is 0 Å². The van der Waals surface area contributed by atoms with Crippen LogP contribution >= 0.6 is 11.6 Å². The Morgan fingerprint density at radius 2 is 1.54 bits per heavy atom. The summed E-state index contributed by atoms with van der Waals surface area (Å²) in [5.41, 5.74) is 1.65. The minimum Gasteiger partial charge on any atom is -0.476 e. The van der Waals surface area contributed by atoms with E-state index < -0.39 is 16.1 Å². The number of nitrogens with zero attached hydrogens (tertiary/aromatic N) is 3. The van der Waals surface area contributed by atoms with Crippen molar-refractivity contribution in [2.45, 2.75) is 17.5 Å². The fourth-order valence-electron chi connectivity index (χ4n) is 4.46. The molecular formula is C26H26ClN3O4S. The van der Waals surface area contributed by atoms with Crippen molar-refractivity contribution in [3.8, 4) is 5.75 Å². The number of ether oxygens (including phenoxy) is 1. The predicted octanol–water partition coefficient (Wildman–Crippen LogP) is 3.64. The molecule has 1 fully saturated rings. The molecule has 1 saturated heterocycles. The number of carbonyl (C=O) groups is 1. The zero-order valence-electron chi connectivity index (χ0n) is 19.1. The maximum absolute atomic E-state index is 13.5. The van der Waals surface area contributed by atoms with Gasteiger partial charge in [-0.25, -0.2) is 8.42 Å². The molecule has 0 radical (unpaired) electrons. The number of hydrogen-bond acceptors (Lipinski definition) is 5. The average molecular weight is 512 g/mol. The van der Waals surface area contributed by atoms with Gasteiger partial charge in [-0.3, -0.25) is 14.0 Å². The predicted molar refractivity (Wildman–Crippen MR) is 135 cm³/mol. The molecule has 7 nitrogen and oxygen atoms in total. The lowest BCUT2D eigenvalue weighted by Gasteiger charge is -2.39.